The highest BCUT2D eigenvalue weighted by atomic mass is 32.2. The second kappa shape index (κ2) is 8.95. The number of hydrogen-bond donors (Lipinski definition) is 3. The summed E-state index contributed by atoms with van der Waals surface area (Å²) in [5.41, 5.74) is 2.71. The minimum atomic E-state index is -0.670. The molecule has 7 nitrogen and oxygen atoms in total. The lowest BCUT2D eigenvalue weighted by Crippen LogP contribution is -2.52. The Labute approximate surface area is 200 Å². The van der Waals surface area contributed by atoms with E-state index in [4.69, 9.17) is 0 Å². The van der Waals surface area contributed by atoms with Crippen LogP contribution in [0.3, 0.4) is 0 Å². The summed E-state index contributed by atoms with van der Waals surface area (Å²) in [5.74, 6) is -1.38. The number of amides is 3. The maximum Gasteiger partial charge on any atom is 0.248 e. The van der Waals surface area contributed by atoms with Gasteiger partial charge in [-0.3, -0.25) is 14.4 Å². The number of rotatable bonds is 8. The van der Waals surface area contributed by atoms with Crippen LogP contribution >= 0.6 is 11.8 Å². The molecule has 3 saturated heterocycles. The third-order valence-corrected chi connectivity index (χ3v) is 9.63. The van der Waals surface area contributed by atoms with Gasteiger partial charge in [0.1, 0.15) is 6.04 Å². The Balaban J connectivity index is 1.72. The number of nitrogens with zero attached hydrogens (tertiary/aromatic N) is 1. The van der Waals surface area contributed by atoms with Crippen molar-refractivity contribution in [3.05, 3.63) is 29.3 Å². The first-order valence-electron chi connectivity index (χ1n) is 12.0. The first-order valence-corrected chi connectivity index (χ1v) is 12.8. The molecule has 0 aliphatic carbocycles. The number of aliphatic hydroxyl groups excluding tert-OH is 1. The van der Waals surface area contributed by atoms with Crippen LogP contribution in [0.5, 0.6) is 0 Å². The van der Waals surface area contributed by atoms with Crippen LogP contribution in [0.1, 0.15) is 50.7 Å². The van der Waals surface area contributed by atoms with E-state index in [1.165, 1.54) is 0 Å². The second-order valence-corrected chi connectivity index (χ2v) is 11.8. The molecule has 3 fully saturated rings. The van der Waals surface area contributed by atoms with Crippen molar-refractivity contribution >= 4 is 35.2 Å². The number of aryl methyl sites for hydroxylation is 2. The Morgan fingerprint density at radius 3 is 2.55 bits per heavy atom. The molecule has 33 heavy (non-hydrogen) atoms. The fourth-order valence-electron chi connectivity index (χ4n) is 6.17. The molecule has 1 aromatic carbocycles. The van der Waals surface area contributed by atoms with Gasteiger partial charge in [-0.1, -0.05) is 25.1 Å². The summed E-state index contributed by atoms with van der Waals surface area (Å²) >= 11 is 1.67. The van der Waals surface area contributed by atoms with Crippen molar-refractivity contribution in [3.63, 3.8) is 0 Å². The van der Waals surface area contributed by atoms with E-state index in [2.05, 4.69) is 17.6 Å². The largest absolute Gasteiger partial charge is 0.396 e. The lowest BCUT2D eigenvalue weighted by Gasteiger charge is -2.35. The van der Waals surface area contributed by atoms with Crippen LogP contribution in [-0.4, -0.2) is 63.0 Å². The molecule has 1 spiro atoms. The molecule has 5 atom stereocenters. The second-order valence-electron chi connectivity index (χ2n) is 9.88. The molecule has 3 aliphatic rings. The average Bonchev–Trinajstić information content (AvgIpc) is 3.34. The molecule has 3 amide bonds. The van der Waals surface area contributed by atoms with Gasteiger partial charge in [0.25, 0.3) is 0 Å². The van der Waals surface area contributed by atoms with Crippen LogP contribution in [-0.2, 0) is 14.4 Å². The number of thioether (sulfide) groups is 1. The van der Waals surface area contributed by atoms with E-state index in [1.807, 2.05) is 39.0 Å². The lowest BCUT2D eigenvalue weighted by atomic mass is 9.66. The predicted molar refractivity (Wildman–Crippen MR) is 130 cm³/mol. The molecule has 2 unspecified atom stereocenters. The van der Waals surface area contributed by atoms with Crippen molar-refractivity contribution in [1.82, 2.24) is 10.2 Å². The molecular weight excluding hydrogens is 438 g/mol. The molecule has 0 saturated carbocycles. The van der Waals surface area contributed by atoms with Gasteiger partial charge in [-0.2, -0.15) is 0 Å². The Morgan fingerprint density at radius 1 is 1.21 bits per heavy atom. The molecule has 180 valence electrons. The van der Waals surface area contributed by atoms with Gasteiger partial charge in [0, 0.05) is 30.1 Å². The van der Waals surface area contributed by atoms with Gasteiger partial charge in [-0.25, -0.2) is 0 Å². The van der Waals surface area contributed by atoms with E-state index < -0.39 is 22.6 Å². The van der Waals surface area contributed by atoms with Gasteiger partial charge in [-0.15, -0.1) is 11.8 Å². The lowest BCUT2D eigenvalue weighted by molar-refractivity contribution is -0.140. The first kappa shape index (κ1) is 24.1. The zero-order chi connectivity index (χ0) is 24.0. The quantitative estimate of drug-likeness (QED) is 0.539. The van der Waals surface area contributed by atoms with Gasteiger partial charge in [0.2, 0.25) is 17.7 Å². The summed E-state index contributed by atoms with van der Waals surface area (Å²) in [6.45, 7) is 8.82. The molecule has 3 heterocycles. The fraction of sp³-hybridized carbons (Fsp3) is 0.640. The molecule has 4 rings (SSSR count). The van der Waals surface area contributed by atoms with E-state index in [-0.39, 0.29) is 29.1 Å². The number of carbonyl (C=O) groups excluding carboxylic acids is 3. The summed E-state index contributed by atoms with van der Waals surface area (Å²) in [7, 11) is 0. The average molecular weight is 474 g/mol. The van der Waals surface area contributed by atoms with E-state index in [0.29, 0.717) is 19.5 Å². The van der Waals surface area contributed by atoms with Crippen LogP contribution in [0.4, 0.5) is 5.69 Å². The van der Waals surface area contributed by atoms with Crippen molar-refractivity contribution in [2.45, 2.75) is 68.9 Å². The van der Waals surface area contributed by atoms with E-state index in [9.17, 15) is 19.5 Å². The van der Waals surface area contributed by atoms with Crippen LogP contribution < -0.4 is 10.6 Å². The number of para-hydroxylation sites is 1. The maximum atomic E-state index is 13.8. The topological polar surface area (TPSA) is 98.7 Å². The molecule has 1 aromatic rings. The SMILES string of the molecule is CCCNC(=O)[C@@H]1[C@H]2C(=O)N(CCCO)C(C(=O)Nc3c(C)cccc3C)C23CC[C@@]1(C)S3. The van der Waals surface area contributed by atoms with Crippen molar-refractivity contribution in [1.29, 1.82) is 0 Å². The van der Waals surface area contributed by atoms with Crippen molar-refractivity contribution in [3.8, 4) is 0 Å². The van der Waals surface area contributed by atoms with Gasteiger partial charge in [0.05, 0.1) is 16.6 Å². The van der Waals surface area contributed by atoms with E-state index in [0.717, 1.165) is 36.1 Å². The summed E-state index contributed by atoms with van der Waals surface area (Å²) < 4.78 is -0.992. The zero-order valence-electron chi connectivity index (χ0n) is 19.9. The summed E-state index contributed by atoms with van der Waals surface area (Å²) in [6.07, 6.45) is 2.75. The van der Waals surface area contributed by atoms with Gasteiger partial charge in [-0.05, 0) is 57.6 Å². The number of fused-ring (bicyclic) bond motifs is 1. The Morgan fingerprint density at radius 2 is 1.91 bits per heavy atom. The summed E-state index contributed by atoms with van der Waals surface area (Å²) in [5, 5.41) is 15.6. The standard InChI is InChI=1S/C25H35N3O4S/c1-5-12-26-21(30)17-18-23(32)28(13-7-14-29)20(25(18)11-10-24(17,4)33-25)22(31)27-19-15(2)8-6-9-16(19)3/h6,8-9,17-18,20,29H,5,7,10-14H2,1-4H3,(H,26,30)(H,27,31)/t17-,18-,20?,24+,25?/m0/s1. The number of carbonyl (C=O) groups is 3. The molecule has 0 radical (unpaired) electrons. The number of likely N-dealkylation sites (tertiary alicyclic amines) is 1. The Kier molecular flexibility index (Phi) is 6.53. The van der Waals surface area contributed by atoms with E-state index >= 15 is 0 Å². The highest BCUT2D eigenvalue weighted by Gasteiger charge is 2.76. The number of anilines is 1. The third kappa shape index (κ3) is 3.75. The molecule has 2 bridgehead atoms. The highest BCUT2D eigenvalue weighted by Crippen LogP contribution is 2.71. The summed E-state index contributed by atoms with van der Waals surface area (Å²) in [6, 6.07) is 5.20. The third-order valence-electron chi connectivity index (χ3n) is 7.64. The van der Waals surface area contributed by atoms with Gasteiger partial charge < -0.3 is 20.6 Å². The minimum Gasteiger partial charge on any atom is -0.396 e. The maximum absolute atomic E-state index is 13.8. The van der Waals surface area contributed by atoms with Crippen molar-refractivity contribution in [2.75, 3.05) is 25.0 Å². The monoisotopic (exact) mass is 473 g/mol. The molecular formula is C25H35N3O4S. The number of aliphatic hydroxyl groups is 1. The Hall–Kier alpha value is -2.06. The van der Waals surface area contributed by atoms with Crippen molar-refractivity contribution in [2.24, 2.45) is 11.8 Å². The number of nitrogens with one attached hydrogen (secondary N) is 2. The van der Waals surface area contributed by atoms with Crippen LogP contribution in [0, 0.1) is 25.7 Å². The molecule has 3 N–H and O–H groups in total. The smallest absolute Gasteiger partial charge is 0.248 e. The molecule has 8 heteroatoms. The fourth-order valence-corrected chi connectivity index (χ4v) is 8.53. The van der Waals surface area contributed by atoms with E-state index in [1.54, 1.807) is 16.7 Å². The summed E-state index contributed by atoms with van der Waals surface area (Å²) in [4.78, 5) is 42.5. The normalized spacial score (nSPS) is 32.2. The van der Waals surface area contributed by atoms with Gasteiger partial charge in [0.15, 0.2) is 0 Å². The van der Waals surface area contributed by atoms with Crippen LogP contribution in [0.2, 0.25) is 0 Å². The number of benzene rings is 1. The molecule has 3 aliphatic heterocycles. The highest BCUT2D eigenvalue weighted by molar-refractivity contribution is 8.02. The minimum absolute atomic E-state index is 0.0576. The molecule has 0 aromatic heterocycles. The Bertz CT molecular complexity index is 949. The van der Waals surface area contributed by atoms with Crippen LogP contribution in [0.25, 0.3) is 0 Å². The first-order chi connectivity index (χ1) is 15.7. The number of hydrogen-bond acceptors (Lipinski definition) is 5. The van der Waals surface area contributed by atoms with Crippen LogP contribution in [0.15, 0.2) is 18.2 Å². The van der Waals surface area contributed by atoms with Gasteiger partial charge >= 0.3 is 0 Å². The predicted octanol–water partition coefficient (Wildman–Crippen LogP) is 2.63. The van der Waals surface area contributed by atoms with Crippen molar-refractivity contribution < 1.29 is 19.5 Å². The zero-order valence-corrected chi connectivity index (χ0v) is 20.8.